The molecular formula is C66H113O11P. The molecule has 78 heavy (non-hydrogen) atoms. The summed E-state index contributed by atoms with van der Waals surface area (Å²) in [5.41, 5.74) is 0. The lowest BCUT2D eigenvalue weighted by Crippen LogP contribution is -2.30. The van der Waals surface area contributed by atoms with Crippen LogP contribution in [-0.4, -0.2) is 66.5 Å². The van der Waals surface area contributed by atoms with Gasteiger partial charge in [0.25, 0.3) is 0 Å². The van der Waals surface area contributed by atoms with Crippen LogP contribution < -0.4 is 0 Å². The van der Waals surface area contributed by atoms with Crippen molar-refractivity contribution in [3.05, 3.63) is 97.2 Å². The minimum atomic E-state index is -4.77. The zero-order chi connectivity index (χ0) is 56.9. The second-order valence-electron chi connectivity index (χ2n) is 20.5. The van der Waals surface area contributed by atoms with Gasteiger partial charge >= 0.3 is 25.7 Å². The topological polar surface area (TPSA) is 155 Å². The molecular weight excluding hydrogens is 1000 g/mol. The van der Waals surface area contributed by atoms with Gasteiger partial charge in [-0.05, 0) is 103 Å². The number of allylic oxidation sites excluding steroid dienone is 16. The van der Waals surface area contributed by atoms with E-state index in [2.05, 4.69) is 118 Å². The molecule has 0 aromatic rings. The van der Waals surface area contributed by atoms with Crippen LogP contribution in [0.3, 0.4) is 0 Å². The fourth-order valence-corrected chi connectivity index (χ4v) is 9.06. The molecule has 2 N–H and O–H groups in total. The molecule has 0 fully saturated rings. The molecule has 0 amide bonds. The highest BCUT2D eigenvalue weighted by Gasteiger charge is 2.28. The number of aliphatic hydroxyl groups is 1. The second kappa shape index (κ2) is 59.5. The quantitative estimate of drug-likeness (QED) is 0.0197. The first-order valence-electron chi connectivity index (χ1n) is 31.1. The number of ether oxygens (including phenoxy) is 3. The van der Waals surface area contributed by atoms with Crippen molar-refractivity contribution in [1.29, 1.82) is 0 Å². The smallest absolute Gasteiger partial charge is 0.462 e. The highest BCUT2D eigenvalue weighted by atomic mass is 31.2. The average molecular weight is 1110 g/mol. The van der Waals surface area contributed by atoms with Crippen molar-refractivity contribution in [2.75, 3.05) is 26.4 Å². The Kier molecular flexibility index (Phi) is 56.8. The molecule has 0 saturated heterocycles. The maximum Gasteiger partial charge on any atom is 0.472 e. The molecule has 0 heterocycles. The standard InChI is InChI=1S/C66H113O11P/c1-4-7-10-13-16-19-22-25-27-29-31-33-35-38-40-43-46-49-52-55-64(68)73-59-63(77-66(70)57-54-51-48-45-42-39-36-34-32-30-28-26-23-20-17-14-11-8-5-2)61-75-78(71,72)74-60-62(58-67)76-65(69)56-53-50-47-44-41-37-24-21-18-15-12-9-6-3/h8,11,16-17,19-20,25-28,31-34,39,42,62-63,67H,4-7,9-10,12-15,18,21-24,29-30,35-38,40-41,43-61H2,1-3H3,(H,71,72)/b11-8-,19-16-,20-17-,27-25-,28-26-,33-31-,34-32-,42-39-. The van der Waals surface area contributed by atoms with E-state index >= 15 is 0 Å². The van der Waals surface area contributed by atoms with Gasteiger partial charge in [0.05, 0.1) is 19.8 Å². The van der Waals surface area contributed by atoms with Gasteiger partial charge in [-0.15, -0.1) is 0 Å². The van der Waals surface area contributed by atoms with Crippen molar-refractivity contribution in [1.82, 2.24) is 0 Å². The summed E-state index contributed by atoms with van der Waals surface area (Å²) < 4.78 is 39.6. The van der Waals surface area contributed by atoms with Crippen LogP contribution in [0.25, 0.3) is 0 Å². The Labute approximate surface area is 476 Å². The van der Waals surface area contributed by atoms with Crippen LogP contribution in [0.5, 0.6) is 0 Å². The number of hydrogen-bond donors (Lipinski definition) is 2. The number of unbranched alkanes of at least 4 members (excludes halogenated alkanes) is 24. The lowest BCUT2D eigenvalue weighted by Gasteiger charge is -2.21. The van der Waals surface area contributed by atoms with Crippen molar-refractivity contribution >= 4 is 25.7 Å². The first-order valence-corrected chi connectivity index (χ1v) is 32.6. The van der Waals surface area contributed by atoms with Crippen LogP contribution in [0.4, 0.5) is 0 Å². The fraction of sp³-hybridized carbons (Fsp3) is 0.712. The molecule has 0 aliphatic heterocycles. The number of aliphatic hydroxyl groups excluding tert-OH is 1. The van der Waals surface area contributed by atoms with Gasteiger partial charge in [-0.2, -0.15) is 0 Å². The highest BCUT2D eigenvalue weighted by Crippen LogP contribution is 2.43. The van der Waals surface area contributed by atoms with Crippen molar-refractivity contribution in [3.63, 3.8) is 0 Å². The zero-order valence-corrected chi connectivity index (χ0v) is 50.5. The Morgan fingerprint density at radius 1 is 0.372 bits per heavy atom. The number of phosphoric acid groups is 1. The maximum atomic E-state index is 12.9. The summed E-state index contributed by atoms with van der Waals surface area (Å²) in [5, 5.41) is 9.83. The summed E-state index contributed by atoms with van der Waals surface area (Å²) in [6.07, 6.45) is 70.7. The van der Waals surface area contributed by atoms with E-state index in [9.17, 15) is 28.9 Å². The molecule has 0 spiro atoms. The van der Waals surface area contributed by atoms with E-state index in [1.807, 2.05) is 0 Å². The molecule has 0 aliphatic rings. The number of rotatable bonds is 57. The van der Waals surface area contributed by atoms with Gasteiger partial charge < -0.3 is 24.2 Å². The number of phosphoric ester groups is 1. The predicted molar refractivity (Wildman–Crippen MR) is 325 cm³/mol. The Bertz CT molecular complexity index is 1680. The maximum absolute atomic E-state index is 12.9. The molecule has 3 atom stereocenters. The van der Waals surface area contributed by atoms with Gasteiger partial charge in [-0.3, -0.25) is 23.4 Å². The summed E-state index contributed by atoms with van der Waals surface area (Å²) in [6.45, 7) is 4.47. The van der Waals surface area contributed by atoms with Crippen LogP contribution in [-0.2, 0) is 42.2 Å². The Morgan fingerprint density at radius 2 is 0.667 bits per heavy atom. The van der Waals surface area contributed by atoms with Crippen molar-refractivity contribution in [2.24, 2.45) is 0 Å². The van der Waals surface area contributed by atoms with E-state index in [1.165, 1.54) is 83.5 Å². The van der Waals surface area contributed by atoms with Crippen LogP contribution in [0.15, 0.2) is 97.2 Å². The van der Waals surface area contributed by atoms with E-state index in [4.69, 9.17) is 23.3 Å². The van der Waals surface area contributed by atoms with E-state index in [0.717, 1.165) is 122 Å². The molecule has 0 rings (SSSR count). The number of esters is 3. The fourth-order valence-electron chi connectivity index (χ4n) is 8.27. The van der Waals surface area contributed by atoms with Gasteiger partial charge in [-0.25, -0.2) is 4.57 Å². The number of carbonyl (C=O) groups excluding carboxylic acids is 3. The lowest BCUT2D eigenvalue weighted by molar-refractivity contribution is -0.161. The van der Waals surface area contributed by atoms with E-state index in [1.54, 1.807) is 0 Å². The third-order valence-electron chi connectivity index (χ3n) is 13.0. The number of hydrogen-bond acceptors (Lipinski definition) is 10. The summed E-state index contributed by atoms with van der Waals surface area (Å²) >= 11 is 0. The van der Waals surface area contributed by atoms with E-state index in [0.29, 0.717) is 19.3 Å². The third kappa shape index (κ3) is 57.1. The van der Waals surface area contributed by atoms with Gasteiger partial charge in [0.2, 0.25) is 0 Å². The second-order valence-corrected chi connectivity index (χ2v) is 21.9. The van der Waals surface area contributed by atoms with Crippen LogP contribution in [0, 0.1) is 0 Å². The Hall–Kier alpha value is -3.60. The van der Waals surface area contributed by atoms with Crippen LogP contribution >= 0.6 is 7.82 Å². The largest absolute Gasteiger partial charge is 0.472 e. The van der Waals surface area contributed by atoms with Crippen LogP contribution in [0.1, 0.15) is 265 Å². The summed E-state index contributed by atoms with van der Waals surface area (Å²) in [6, 6.07) is 0. The van der Waals surface area contributed by atoms with Crippen LogP contribution in [0.2, 0.25) is 0 Å². The predicted octanol–water partition coefficient (Wildman–Crippen LogP) is 18.8. The van der Waals surface area contributed by atoms with Gasteiger partial charge in [0.1, 0.15) is 12.7 Å². The average Bonchev–Trinajstić information content (AvgIpc) is 3.43. The first-order chi connectivity index (χ1) is 38.2. The molecule has 3 unspecified atom stereocenters. The summed E-state index contributed by atoms with van der Waals surface area (Å²) in [7, 11) is -4.77. The molecule has 0 radical (unpaired) electrons. The van der Waals surface area contributed by atoms with Gasteiger partial charge in [0, 0.05) is 19.3 Å². The molecule has 0 bridgehead atoms. The van der Waals surface area contributed by atoms with E-state index in [-0.39, 0.29) is 25.9 Å². The Morgan fingerprint density at radius 3 is 1.06 bits per heavy atom. The first kappa shape index (κ1) is 74.4. The van der Waals surface area contributed by atoms with Crippen molar-refractivity contribution < 1.29 is 52.2 Å². The normalized spacial score (nSPS) is 14.0. The van der Waals surface area contributed by atoms with Gasteiger partial charge in [0.15, 0.2) is 6.10 Å². The third-order valence-corrected chi connectivity index (χ3v) is 13.9. The molecule has 0 aliphatic carbocycles. The number of carbonyl (C=O) groups is 3. The molecule has 0 aromatic heterocycles. The molecule has 448 valence electrons. The van der Waals surface area contributed by atoms with Crippen molar-refractivity contribution in [3.8, 4) is 0 Å². The summed E-state index contributed by atoms with van der Waals surface area (Å²) in [5.74, 6) is -1.52. The molecule has 11 nitrogen and oxygen atoms in total. The Balaban J connectivity index is 4.80. The highest BCUT2D eigenvalue weighted by molar-refractivity contribution is 7.47. The SMILES string of the molecule is CC/C=C\C/C=C\C/C=C\C/C=C\C/C=C\CCCCCC(=O)OC(COC(=O)CCCCCCCC/C=C\C/C=C\C/C=C\CCCCC)COP(=O)(O)OCC(CO)OC(=O)CCCCCCCCCCCCCCC. The minimum Gasteiger partial charge on any atom is -0.462 e. The van der Waals surface area contributed by atoms with Crippen molar-refractivity contribution in [2.45, 2.75) is 277 Å². The molecule has 0 saturated carbocycles. The minimum absolute atomic E-state index is 0.122. The van der Waals surface area contributed by atoms with E-state index < -0.39 is 57.8 Å². The summed E-state index contributed by atoms with van der Waals surface area (Å²) in [4.78, 5) is 48.7. The molecule has 0 aromatic carbocycles. The lowest BCUT2D eigenvalue weighted by atomic mass is 10.0. The zero-order valence-electron chi connectivity index (χ0n) is 49.6. The van der Waals surface area contributed by atoms with Gasteiger partial charge in [-0.1, -0.05) is 240 Å². The monoisotopic (exact) mass is 1110 g/mol. The molecule has 12 heteroatoms.